The summed E-state index contributed by atoms with van der Waals surface area (Å²) in [6.45, 7) is 4.27. The van der Waals surface area contributed by atoms with E-state index in [1.54, 1.807) is 0 Å². The van der Waals surface area contributed by atoms with Gasteiger partial charge in [-0.05, 0) is 49.3 Å². The van der Waals surface area contributed by atoms with Crippen LogP contribution >= 0.6 is 0 Å². The zero-order chi connectivity index (χ0) is 58.8. The lowest BCUT2D eigenvalue weighted by Gasteiger charge is -2.31. The molecule has 0 aromatic heterocycles. The van der Waals surface area contributed by atoms with E-state index in [9.17, 15) is 72.5 Å². The Labute approximate surface area is 458 Å². The second-order valence-electron chi connectivity index (χ2n) is 20.4. The van der Waals surface area contributed by atoms with Crippen LogP contribution in [0.2, 0.25) is 0 Å². The van der Waals surface area contributed by atoms with Crippen LogP contribution in [0.15, 0.2) is 24.3 Å². The average molecular weight is 1110 g/mol. The van der Waals surface area contributed by atoms with Gasteiger partial charge in [0.2, 0.25) is 70.9 Å². The molecule has 27 nitrogen and oxygen atoms in total. The first-order chi connectivity index (χ1) is 37.4. The lowest BCUT2D eigenvalue weighted by Crippen LogP contribution is -2.60. The lowest BCUT2D eigenvalue weighted by atomic mass is 9.99. The van der Waals surface area contributed by atoms with Gasteiger partial charge >= 0.3 is 5.97 Å². The number of nitrogens with two attached hydrogens (primary N) is 4. The van der Waals surface area contributed by atoms with Crippen LogP contribution in [0.4, 0.5) is 0 Å². The molecule has 0 spiro atoms. The van der Waals surface area contributed by atoms with Gasteiger partial charge in [-0.25, -0.2) is 0 Å². The van der Waals surface area contributed by atoms with Gasteiger partial charge in [0.25, 0.3) is 0 Å². The molecule has 79 heavy (non-hydrogen) atoms. The van der Waals surface area contributed by atoms with Gasteiger partial charge in [0.15, 0.2) is 0 Å². The Hall–Kier alpha value is -7.87. The molecular weight excluding hydrogens is 1030 g/mol. The van der Waals surface area contributed by atoms with Crippen molar-refractivity contribution in [1.29, 1.82) is 0 Å². The molecule has 9 unspecified atom stereocenters. The molecule has 1 aromatic rings. The van der Waals surface area contributed by atoms with Crippen LogP contribution in [0.5, 0.6) is 5.75 Å². The number of hydrogen-bond donors (Lipinski definition) is 13. The molecule has 27 heteroatoms. The lowest BCUT2D eigenvalue weighted by molar-refractivity contribution is -0.143. The van der Waals surface area contributed by atoms with Crippen molar-refractivity contribution >= 4 is 76.9 Å². The van der Waals surface area contributed by atoms with Crippen molar-refractivity contribution in [3.8, 4) is 5.75 Å². The SMILES string of the molecule is CCC(C)CCCCCCCCCCC1CC(=O)NC(CC(=O)O)C(=O)NC(Cc2ccc(O)cc2)C(=O)NC(CC(N)=O)C(=O)NC(CCC(N)=O)C(=O)N2CCCC2C(=O)NC(CC(N)=O)C(=O)NC(CC(N)=O)C(=O)N1. The quantitative estimate of drug-likeness (QED) is 0.0473. The number of phenols is 1. The second kappa shape index (κ2) is 33.4. The third kappa shape index (κ3) is 24.1. The number of phenolic OH excluding ortho intramolecular Hbond substituents is 1. The Kier molecular flexibility index (Phi) is 27.7. The zero-order valence-electron chi connectivity index (χ0n) is 45.0. The van der Waals surface area contributed by atoms with Crippen molar-refractivity contribution in [1.82, 2.24) is 42.1 Å². The molecule has 0 saturated carbocycles. The van der Waals surface area contributed by atoms with E-state index >= 15 is 0 Å². The molecule has 2 heterocycles. The monoisotopic (exact) mass is 1110 g/mol. The number of carboxylic acids is 1. The molecule has 3 rings (SSSR count). The highest BCUT2D eigenvalue weighted by molar-refractivity contribution is 6.00. The molecule has 9 atom stereocenters. The Balaban J connectivity index is 2.13. The number of aromatic hydroxyl groups is 1. The van der Waals surface area contributed by atoms with E-state index in [0.29, 0.717) is 24.3 Å². The van der Waals surface area contributed by atoms with Crippen LogP contribution in [0.3, 0.4) is 0 Å². The molecule has 0 aliphatic carbocycles. The summed E-state index contributed by atoms with van der Waals surface area (Å²) in [6, 6.07) is -7.96. The van der Waals surface area contributed by atoms with Crippen LogP contribution in [-0.2, 0) is 68.7 Å². The maximum Gasteiger partial charge on any atom is 0.305 e. The highest BCUT2D eigenvalue weighted by atomic mass is 16.4. The summed E-state index contributed by atoms with van der Waals surface area (Å²) >= 11 is 0. The number of aliphatic carboxylic acids is 1. The van der Waals surface area contributed by atoms with Gasteiger partial charge < -0.3 is 75.3 Å². The van der Waals surface area contributed by atoms with Gasteiger partial charge in [0, 0.05) is 31.8 Å². The Morgan fingerprint density at radius 2 is 1.03 bits per heavy atom. The van der Waals surface area contributed by atoms with E-state index in [1.165, 1.54) is 30.7 Å². The number of nitrogens with zero attached hydrogens (tertiary/aromatic N) is 1. The molecule has 2 saturated heterocycles. The first-order valence-corrected chi connectivity index (χ1v) is 26.9. The van der Waals surface area contributed by atoms with E-state index in [2.05, 4.69) is 51.1 Å². The summed E-state index contributed by atoms with van der Waals surface area (Å²) in [5.74, 6) is -14.0. The summed E-state index contributed by atoms with van der Waals surface area (Å²) in [5, 5.41) is 36.7. The number of nitrogens with one attached hydrogen (secondary N) is 7. The normalized spacial score (nSPS) is 23.6. The summed E-state index contributed by atoms with van der Waals surface area (Å²) in [5.41, 5.74) is 22.2. The van der Waals surface area contributed by atoms with E-state index in [0.717, 1.165) is 49.8 Å². The molecule has 2 fully saturated rings. The number of carbonyl (C=O) groups is 13. The second-order valence-corrected chi connectivity index (χ2v) is 20.4. The third-order valence-corrected chi connectivity index (χ3v) is 13.8. The Morgan fingerprint density at radius 1 is 0.570 bits per heavy atom. The average Bonchev–Trinajstić information content (AvgIpc) is 3.87. The molecule has 0 radical (unpaired) electrons. The van der Waals surface area contributed by atoms with E-state index in [-0.39, 0.29) is 31.6 Å². The van der Waals surface area contributed by atoms with Crippen molar-refractivity contribution in [2.75, 3.05) is 6.54 Å². The van der Waals surface area contributed by atoms with Crippen LogP contribution in [0, 0.1) is 5.92 Å². The predicted octanol–water partition coefficient (Wildman–Crippen LogP) is -1.96. The summed E-state index contributed by atoms with van der Waals surface area (Å²) < 4.78 is 0. The molecule has 17 N–H and O–H groups in total. The minimum absolute atomic E-state index is 0.0268. The van der Waals surface area contributed by atoms with Gasteiger partial charge in [0.1, 0.15) is 48.0 Å². The number of rotatable bonds is 25. The number of carbonyl (C=O) groups excluding carboxylic acids is 12. The molecule has 2 aliphatic rings. The van der Waals surface area contributed by atoms with Crippen LogP contribution in [0.1, 0.15) is 148 Å². The molecule has 1 aromatic carbocycles. The van der Waals surface area contributed by atoms with Gasteiger partial charge in [-0.15, -0.1) is 0 Å². The van der Waals surface area contributed by atoms with Gasteiger partial charge in [0.05, 0.1) is 25.7 Å². The largest absolute Gasteiger partial charge is 0.508 e. The summed E-state index contributed by atoms with van der Waals surface area (Å²) in [6.07, 6.45) is 4.11. The molecule has 438 valence electrons. The standard InChI is InChI=1S/C52H80N12O15/c1-3-29(2)13-10-8-6-4-5-7-9-11-14-31-24-44(70)58-38(28-45(71)72)50(77)60-34(23-30-16-18-32(65)19-17-30)47(74)62-36(26-42(55)68)48(75)59-33(20-21-40(53)66)52(79)64-22-12-15-39(64)51(78)63-37(27-43(56)69)49(76)61-35(25-41(54)67)46(73)57-31/h16-19,29,31,33-39,65H,3-15,20-28H2,1-2H3,(H2,53,66)(H2,54,67)(H2,55,68)(H2,56,69)(H,57,73)(H,58,70)(H,59,75)(H,60,77)(H,61,76)(H,62,74)(H,63,78)(H,71,72). The molecular formula is C52H80N12O15. The highest BCUT2D eigenvalue weighted by Crippen LogP contribution is 2.22. The summed E-state index contributed by atoms with van der Waals surface area (Å²) in [4.78, 5) is 175. The Bertz CT molecular complexity index is 2340. The van der Waals surface area contributed by atoms with Crippen molar-refractivity contribution in [3.05, 3.63) is 29.8 Å². The van der Waals surface area contributed by atoms with E-state index in [1.807, 2.05) is 0 Å². The first kappa shape index (κ1) is 65.4. The number of fused-ring (bicyclic) bond motifs is 1. The maximum absolute atomic E-state index is 14.3. The number of carboxylic acid groups (broad SMARTS) is 1. The minimum atomic E-state index is -1.90. The number of hydrogen-bond acceptors (Lipinski definition) is 14. The van der Waals surface area contributed by atoms with Gasteiger partial charge in [-0.1, -0.05) is 90.2 Å². The van der Waals surface area contributed by atoms with Crippen LogP contribution in [-0.4, -0.2) is 147 Å². The number of unbranched alkanes of at least 4 members (excludes halogenated alkanes) is 7. The topological polar surface area (TPSA) is 454 Å². The third-order valence-electron chi connectivity index (χ3n) is 13.8. The molecule has 2 aliphatic heterocycles. The fraction of sp³-hybridized carbons (Fsp3) is 0.635. The highest BCUT2D eigenvalue weighted by Gasteiger charge is 2.41. The van der Waals surface area contributed by atoms with Gasteiger partial charge in [-0.3, -0.25) is 62.3 Å². The van der Waals surface area contributed by atoms with Crippen molar-refractivity contribution in [3.63, 3.8) is 0 Å². The minimum Gasteiger partial charge on any atom is -0.508 e. The van der Waals surface area contributed by atoms with Gasteiger partial charge in [-0.2, -0.15) is 0 Å². The van der Waals surface area contributed by atoms with Crippen LogP contribution in [0.25, 0.3) is 0 Å². The van der Waals surface area contributed by atoms with E-state index < -0.39 is 177 Å². The van der Waals surface area contributed by atoms with Crippen LogP contribution < -0.4 is 60.2 Å². The maximum atomic E-state index is 14.3. The van der Waals surface area contributed by atoms with Crippen molar-refractivity contribution < 1.29 is 72.5 Å². The molecule has 12 amide bonds. The number of amides is 12. The number of benzene rings is 1. The van der Waals surface area contributed by atoms with Crippen molar-refractivity contribution in [2.45, 2.75) is 197 Å². The summed E-state index contributed by atoms with van der Waals surface area (Å²) in [7, 11) is 0. The van der Waals surface area contributed by atoms with E-state index in [4.69, 9.17) is 22.9 Å². The first-order valence-electron chi connectivity index (χ1n) is 26.9. The van der Waals surface area contributed by atoms with Crippen molar-refractivity contribution in [2.24, 2.45) is 28.9 Å². The molecule has 0 bridgehead atoms. The fourth-order valence-electron chi connectivity index (χ4n) is 9.25. The fourth-order valence-corrected chi connectivity index (χ4v) is 9.25. The smallest absolute Gasteiger partial charge is 0.305 e. The zero-order valence-corrected chi connectivity index (χ0v) is 45.0. The predicted molar refractivity (Wildman–Crippen MR) is 282 cm³/mol. The Morgan fingerprint density at radius 3 is 1.53 bits per heavy atom. The number of primary amides is 4.